The molecule has 1 aromatic carbocycles. The average Bonchev–Trinajstić information content (AvgIpc) is 2.36. The van der Waals surface area contributed by atoms with Gasteiger partial charge in [0, 0.05) is 19.0 Å². The predicted molar refractivity (Wildman–Crippen MR) is 71.1 cm³/mol. The SMILES string of the molecule is CC(CNC(=O)NCC1Cc2ccccc21)C(=O)O. The Kier molecular flexibility index (Phi) is 4.04. The van der Waals surface area contributed by atoms with Crippen molar-refractivity contribution in [1.29, 1.82) is 0 Å². The van der Waals surface area contributed by atoms with Crippen LogP contribution >= 0.6 is 0 Å². The minimum Gasteiger partial charge on any atom is -0.481 e. The van der Waals surface area contributed by atoms with Crippen molar-refractivity contribution in [3.8, 4) is 0 Å². The highest BCUT2D eigenvalue weighted by atomic mass is 16.4. The number of hydrogen-bond donors (Lipinski definition) is 3. The molecule has 102 valence electrons. The van der Waals surface area contributed by atoms with Crippen molar-refractivity contribution in [3.05, 3.63) is 35.4 Å². The second kappa shape index (κ2) is 5.73. The van der Waals surface area contributed by atoms with Gasteiger partial charge < -0.3 is 15.7 Å². The molecule has 0 heterocycles. The van der Waals surface area contributed by atoms with Crippen LogP contribution in [0.25, 0.3) is 0 Å². The zero-order valence-electron chi connectivity index (χ0n) is 10.8. The maximum Gasteiger partial charge on any atom is 0.314 e. The normalized spacial score (nSPS) is 17.8. The third-order valence-electron chi connectivity index (χ3n) is 3.46. The highest BCUT2D eigenvalue weighted by molar-refractivity contribution is 5.75. The number of benzene rings is 1. The van der Waals surface area contributed by atoms with Crippen molar-refractivity contribution < 1.29 is 14.7 Å². The van der Waals surface area contributed by atoms with E-state index in [1.54, 1.807) is 6.92 Å². The van der Waals surface area contributed by atoms with Crippen molar-refractivity contribution in [2.45, 2.75) is 19.3 Å². The molecular weight excluding hydrogens is 244 g/mol. The Labute approximate surface area is 112 Å². The fourth-order valence-electron chi connectivity index (χ4n) is 2.16. The fraction of sp³-hybridized carbons (Fsp3) is 0.429. The average molecular weight is 262 g/mol. The van der Waals surface area contributed by atoms with Crippen LogP contribution in [-0.4, -0.2) is 30.2 Å². The molecule has 2 atom stereocenters. The van der Waals surface area contributed by atoms with Gasteiger partial charge in [-0.3, -0.25) is 4.79 Å². The summed E-state index contributed by atoms with van der Waals surface area (Å²) in [7, 11) is 0. The number of hydrogen-bond acceptors (Lipinski definition) is 2. The molecule has 0 bridgehead atoms. The smallest absolute Gasteiger partial charge is 0.314 e. The zero-order valence-corrected chi connectivity index (χ0v) is 10.8. The summed E-state index contributed by atoms with van der Waals surface area (Å²) in [5, 5.41) is 14.0. The summed E-state index contributed by atoms with van der Waals surface area (Å²) in [6.07, 6.45) is 0.988. The molecular formula is C14H18N2O3. The van der Waals surface area contributed by atoms with Crippen LogP contribution in [0.5, 0.6) is 0 Å². The molecule has 0 radical (unpaired) electrons. The second-order valence-electron chi connectivity index (χ2n) is 4.93. The number of carbonyl (C=O) groups excluding carboxylic acids is 1. The van der Waals surface area contributed by atoms with Gasteiger partial charge in [0.15, 0.2) is 0 Å². The quantitative estimate of drug-likeness (QED) is 0.749. The molecule has 19 heavy (non-hydrogen) atoms. The maximum atomic E-state index is 11.5. The standard InChI is InChI=1S/C14H18N2O3/c1-9(13(17)18)7-15-14(19)16-8-11-6-10-4-2-3-5-12(10)11/h2-5,9,11H,6-8H2,1H3,(H,17,18)(H2,15,16,19). The van der Waals surface area contributed by atoms with Crippen LogP contribution in [0.15, 0.2) is 24.3 Å². The van der Waals surface area contributed by atoms with E-state index in [2.05, 4.69) is 22.8 Å². The molecule has 5 heteroatoms. The lowest BCUT2D eigenvalue weighted by atomic mass is 9.78. The van der Waals surface area contributed by atoms with Gasteiger partial charge in [0.2, 0.25) is 0 Å². The first kappa shape index (κ1) is 13.4. The first-order chi connectivity index (χ1) is 9.08. The van der Waals surface area contributed by atoms with Crippen LogP contribution in [0.2, 0.25) is 0 Å². The Hall–Kier alpha value is -2.04. The number of carboxylic acid groups (broad SMARTS) is 1. The lowest BCUT2D eigenvalue weighted by molar-refractivity contribution is -0.140. The number of nitrogens with one attached hydrogen (secondary N) is 2. The van der Waals surface area contributed by atoms with E-state index in [9.17, 15) is 9.59 Å². The van der Waals surface area contributed by atoms with Crippen LogP contribution < -0.4 is 10.6 Å². The molecule has 0 fully saturated rings. The monoisotopic (exact) mass is 262 g/mol. The summed E-state index contributed by atoms with van der Waals surface area (Å²) in [5.74, 6) is -1.11. The molecule has 2 rings (SSSR count). The van der Waals surface area contributed by atoms with E-state index in [0.717, 1.165) is 6.42 Å². The topological polar surface area (TPSA) is 78.4 Å². The van der Waals surface area contributed by atoms with E-state index >= 15 is 0 Å². The third-order valence-corrected chi connectivity index (χ3v) is 3.46. The number of carboxylic acids is 1. The predicted octanol–water partition coefficient (Wildman–Crippen LogP) is 1.35. The third kappa shape index (κ3) is 3.24. The molecule has 0 saturated carbocycles. The lowest BCUT2D eigenvalue weighted by Gasteiger charge is -2.30. The Balaban J connectivity index is 1.70. The number of amides is 2. The molecule has 3 N–H and O–H groups in total. The van der Waals surface area contributed by atoms with Crippen LogP contribution in [0.3, 0.4) is 0 Å². The summed E-state index contributed by atoms with van der Waals surface area (Å²) in [4.78, 5) is 22.1. The van der Waals surface area contributed by atoms with E-state index in [1.807, 2.05) is 12.1 Å². The van der Waals surface area contributed by atoms with Crippen LogP contribution in [0, 0.1) is 5.92 Å². The van der Waals surface area contributed by atoms with Gasteiger partial charge in [0.25, 0.3) is 0 Å². The molecule has 1 aliphatic carbocycles. The van der Waals surface area contributed by atoms with E-state index in [0.29, 0.717) is 12.5 Å². The summed E-state index contributed by atoms with van der Waals surface area (Å²) in [5.41, 5.74) is 2.64. The van der Waals surface area contributed by atoms with Gasteiger partial charge in [-0.25, -0.2) is 4.79 Å². The minimum atomic E-state index is -0.909. The summed E-state index contributed by atoms with van der Waals surface area (Å²) in [6.45, 7) is 2.29. The van der Waals surface area contributed by atoms with E-state index in [-0.39, 0.29) is 12.6 Å². The van der Waals surface area contributed by atoms with Crippen LogP contribution in [0.1, 0.15) is 24.0 Å². The van der Waals surface area contributed by atoms with E-state index in [1.165, 1.54) is 11.1 Å². The zero-order chi connectivity index (χ0) is 13.8. The van der Waals surface area contributed by atoms with Crippen molar-refractivity contribution in [1.82, 2.24) is 10.6 Å². The molecule has 0 spiro atoms. The highest BCUT2D eigenvalue weighted by Gasteiger charge is 2.25. The van der Waals surface area contributed by atoms with Gasteiger partial charge in [0.05, 0.1) is 5.92 Å². The maximum absolute atomic E-state index is 11.5. The van der Waals surface area contributed by atoms with Crippen LogP contribution in [0.4, 0.5) is 4.79 Å². The largest absolute Gasteiger partial charge is 0.481 e. The fourth-order valence-corrected chi connectivity index (χ4v) is 2.16. The minimum absolute atomic E-state index is 0.141. The number of aliphatic carboxylic acids is 1. The summed E-state index contributed by atoms with van der Waals surface area (Å²) in [6, 6.07) is 7.88. The second-order valence-corrected chi connectivity index (χ2v) is 4.93. The van der Waals surface area contributed by atoms with Crippen LogP contribution in [-0.2, 0) is 11.2 Å². The number of rotatable bonds is 5. The first-order valence-corrected chi connectivity index (χ1v) is 6.40. The first-order valence-electron chi connectivity index (χ1n) is 6.40. The van der Waals surface area contributed by atoms with Gasteiger partial charge in [-0.05, 0) is 17.5 Å². The Morgan fingerprint density at radius 3 is 2.79 bits per heavy atom. The molecule has 0 aliphatic heterocycles. The van der Waals surface area contributed by atoms with Gasteiger partial charge >= 0.3 is 12.0 Å². The van der Waals surface area contributed by atoms with Crippen molar-refractivity contribution >= 4 is 12.0 Å². The van der Waals surface area contributed by atoms with E-state index < -0.39 is 11.9 Å². The van der Waals surface area contributed by atoms with Crippen molar-refractivity contribution in [2.75, 3.05) is 13.1 Å². The molecule has 2 unspecified atom stereocenters. The Morgan fingerprint density at radius 2 is 2.11 bits per heavy atom. The molecule has 2 amide bonds. The number of urea groups is 1. The van der Waals surface area contributed by atoms with Gasteiger partial charge in [0.1, 0.15) is 0 Å². The van der Waals surface area contributed by atoms with E-state index in [4.69, 9.17) is 5.11 Å². The van der Waals surface area contributed by atoms with Crippen molar-refractivity contribution in [2.24, 2.45) is 5.92 Å². The lowest BCUT2D eigenvalue weighted by Crippen LogP contribution is -2.42. The molecule has 5 nitrogen and oxygen atoms in total. The van der Waals surface area contributed by atoms with Gasteiger partial charge in [-0.2, -0.15) is 0 Å². The van der Waals surface area contributed by atoms with Gasteiger partial charge in [-0.1, -0.05) is 31.2 Å². The summed E-state index contributed by atoms with van der Waals surface area (Å²) < 4.78 is 0. The molecule has 1 aromatic rings. The Morgan fingerprint density at radius 1 is 1.37 bits per heavy atom. The number of fused-ring (bicyclic) bond motifs is 1. The van der Waals surface area contributed by atoms with Gasteiger partial charge in [-0.15, -0.1) is 0 Å². The summed E-state index contributed by atoms with van der Waals surface area (Å²) >= 11 is 0. The van der Waals surface area contributed by atoms with Crippen molar-refractivity contribution in [3.63, 3.8) is 0 Å². The molecule has 1 aliphatic rings. The number of carbonyl (C=O) groups is 2. The Bertz CT molecular complexity index is 487. The molecule has 0 aromatic heterocycles. The molecule has 0 saturated heterocycles. The highest BCUT2D eigenvalue weighted by Crippen LogP contribution is 2.33.